The number of carbonyl (C=O) groups excluding carboxylic acids is 1. The highest BCUT2D eigenvalue weighted by Gasteiger charge is 2.16. The third-order valence-corrected chi connectivity index (χ3v) is 4.27. The summed E-state index contributed by atoms with van der Waals surface area (Å²) in [5, 5.41) is 10.2. The third kappa shape index (κ3) is 2.59. The maximum absolute atomic E-state index is 11.6. The van der Waals surface area contributed by atoms with Crippen LogP contribution in [0.5, 0.6) is 5.75 Å². The highest BCUT2D eigenvalue weighted by atomic mass is 16.5. The second-order valence-electron chi connectivity index (χ2n) is 5.83. The number of imidazole rings is 1. The molecule has 0 amide bonds. The summed E-state index contributed by atoms with van der Waals surface area (Å²) in [6.07, 6.45) is 1.93. The van der Waals surface area contributed by atoms with Crippen LogP contribution < -0.4 is 0 Å². The lowest BCUT2D eigenvalue weighted by Gasteiger charge is -2.03. The zero-order valence-electron chi connectivity index (χ0n) is 14.1. The maximum Gasteiger partial charge on any atom is 0.337 e. The molecule has 2 heterocycles. The van der Waals surface area contributed by atoms with Crippen LogP contribution in [0, 0.1) is 0 Å². The van der Waals surface area contributed by atoms with Gasteiger partial charge in [-0.05, 0) is 36.4 Å². The van der Waals surface area contributed by atoms with Gasteiger partial charge in [0.25, 0.3) is 0 Å². The number of para-hydroxylation sites is 1. The predicted octanol–water partition coefficient (Wildman–Crippen LogP) is 4.16. The van der Waals surface area contributed by atoms with Crippen LogP contribution >= 0.6 is 0 Å². The maximum atomic E-state index is 11.6. The van der Waals surface area contributed by atoms with Crippen molar-refractivity contribution < 1.29 is 14.6 Å². The van der Waals surface area contributed by atoms with Crippen LogP contribution in [0.25, 0.3) is 28.2 Å². The van der Waals surface area contributed by atoms with Gasteiger partial charge in [-0.1, -0.05) is 30.3 Å². The number of ether oxygens (including phenoxy) is 1. The molecule has 0 aliphatic heterocycles. The van der Waals surface area contributed by atoms with E-state index in [1.807, 2.05) is 53.1 Å². The Bertz CT molecular complexity index is 1100. The molecule has 2 aromatic heterocycles. The summed E-state index contributed by atoms with van der Waals surface area (Å²) in [4.78, 5) is 16.4. The summed E-state index contributed by atoms with van der Waals surface area (Å²) in [6.45, 7) is 0. The molecule has 0 fully saturated rings. The van der Waals surface area contributed by atoms with Crippen molar-refractivity contribution in [1.82, 2.24) is 9.38 Å². The van der Waals surface area contributed by atoms with Gasteiger partial charge < -0.3 is 9.84 Å². The lowest BCUT2D eigenvalue weighted by molar-refractivity contribution is 0.0601. The number of aromatic nitrogens is 2. The molecule has 26 heavy (non-hydrogen) atoms. The molecule has 1 N–H and O–H groups in total. The first kappa shape index (κ1) is 15.9. The van der Waals surface area contributed by atoms with Crippen molar-refractivity contribution in [2.24, 2.45) is 0 Å². The molecule has 0 bridgehead atoms. The van der Waals surface area contributed by atoms with Gasteiger partial charge in [-0.15, -0.1) is 0 Å². The fourth-order valence-corrected chi connectivity index (χ4v) is 2.99. The van der Waals surface area contributed by atoms with E-state index in [0.29, 0.717) is 16.8 Å². The molecule has 0 atom stereocenters. The molecule has 0 unspecified atom stereocenters. The van der Waals surface area contributed by atoms with Gasteiger partial charge in [-0.3, -0.25) is 4.40 Å². The summed E-state index contributed by atoms with van der Waals surface area (Å²) < 4.78 is 6.71. The van der Waals surface area contributed by atoms with E-state index in [4.69, 9.17) is 9.72 Å². The van der Waals surface area contributed by atoms with Gasteiger partial charge in [-0.25, -0.2) is 9.78 Å². The second kappa shape index (κ2) is 6.37. The topological polar surface area (TPSA) is 63.8 Å². The first-order valence-corrected chi connectivity index (χ1v) is 8.13. The summed E-state index contributed by atoms with van der Waals surface area (Å²) >= 11 is 0. The number of phenols is 1. The second-order valence-corrected chi connectivity index (χ2v) is 5.83. The van der Waals surface area contributed by atoms with Crippen LogP contribution in [0.3, 0.4) is 0 Å². The van der Waals surface area contributed by atoms with Crippen molar-refractivity contribution in [1.29, 1.82) is 0 Å². The number of aromatic hydroxyl groups is 1. The molecule has 128 valence electrons. The van der Waals surface area contributed by atoms with Crippen LogP contribution in [0.15, 0.2) is 72.9 Å². The van der Waals surface area contributed by atoms with Crippen molar-refractivity contribution in [3.8, 4) is 28.4 Å². The largest absolute Gasteiger partial charge is 0.507 e. The van der Waals surface area contributed by atoms with Crippen LogP contribution in [0.4, 0.5) is 0 Å². The van der Waals surface area contributed by atoms with Crippen LogP contribution in [-0.4, -0.2) is 27.6 Å². The van der Waals surface area contributed by atoms with E-state index in [-0.39, 0.29) is 11.7 Å². The molecular weight excluding hydrogens is 328 g/mol. The number of hydrogen-bond acceptors (Lipinski definition) is 4. The molecule has 2 aromatic carbocycles. The number of benzene rings is 2. The number of pyridine rings is 1. The highest BCUT2D eigenvalue weighted by Crippen LogP contribution is 2.34. The number of fused-ring (bicyclic) bond motifs is 1. The Morgan fingerprint density at radius 2 is 1.73 bits per heavy atom. The Labute approximate surface area is 150 Å². The average molecular weight is 344 g/mol. The monoisotopic (exact) mass is 344 g/mol. The first-order valence-electron chi connectivity index (χ1n) is 8.13. The van der Waals surface area contributed by atoms with E-state index in [9.17, 15) is 9.90 Å². The average Bonchev–Trinajstić information content (AvgIpc) is 3.07. The number of rotatable bonds is 3. The number of methoxy groups -OCH3 is 1. The Kier molecular flexibility index (Phi) is 3.89. The molecule has 0 spiro atoms. The smallest absolute Gasteiger partial charge is 0.337 e. The molecule has 5 nitrogen and oxygen atoms in total. The van der Waals surface area contributed by atoms with Crippen molar-refractivity contribution in [3.05, 3.63) is 78.5 Å². The molecule has 0 saturated carbocycles. The summed E-state index contributed by atoms with van der Waals surface area (Å²) in [5.74, 6) is 0.540. The first-order chi connectivity index (χ1) is 12.7. The van der Waals surface area contributed by atoms with Gasteiger partial charge in [-0.2, -0.15) is 0 Å². The molecule has 0 radical (unpaired) electrons. The van der Waals surface area contributed by atoms with Gasteiger partial charge in [0.15, 0.2) is 0 Å². The molecule has 4 aromatic rings. The lowest BCUT2D eigenvalue weighted by Crippen LogP contribution is -2.00. The van der Waals surface area contributed by atoms with Crippen molar-refractivity contribution >= 4 is 11.5 Å². The van der Waals surface area contributed by atoms with Crippen LogP contribution in [0.2, 0.25) is 0 Å². The minimum Gasteiger partial charge on any atom is -0.507 e. The summed E-state index contributed by atoms with van der Waals surface area (Å²) in [5.41, 5.74) is 3.61. The Morgan fingerprint density at radius 3 is 2.46 bits per heavy atom. The van der Waals surface area contributed by atoms with E-state index in [2.05, 4.69) is 0 Å². The van der Waals surface area contributed by atoms with Gasteiger partial charge in [0.2, 0.25) is 0 Å². The third-order valence-electron chi connectivity index (χ3n) is 4.27. The van der Waals surface area contributed by atoms with E-state index in [1.54, 1.807) is 24.3 Å². The number of nitrogens with zero attached hydrogens (tertiary/aromatic N) is 2. The molecular formula is C21H16N2O3. The van der Waals surface area contributed by atoms with Crippen LogP contribution in [-0.2, 0) is 4.74 Å². The Hall–Kier alpha value is -3.60. The van der Waals surface area contributed by atoms with Crippen molar-refractivity contribution in [3.63, 3.8) is 0 Å². The normalized spacial score (nSPS) is 10.8. The molecule has 0 saturated heterocycles. The van der Waals surface area contributed by atoms with Gasteiger partial charge >= 0.3 is 5.97 Å². The number of hydrogen-bond donors (Lipinski definition) is 1. The standard InChI is InChI=1S/C21H16N2O3/c1-26-21(25)15-11-9-14(10-12-15)20-22-19(16-6-2-3-8-18(16)24)17-7-4-5-13-23(17)20/h2-13,24H,1H3. The van der Waals surface area contributed by atoms with Gasteiger partial charge in [0, 0.05) is 17.3 Å². The van der Waals surface area contributed by atoms with Gasteiger partial charge in [0.1, 0.15) is 17.3 Å². The minimum atomic E-state index is -0.376. The number of esters is 1. The number of phenolic OH excluding ortho intramolecular Hbond substituents is 1. The van der Waals surface area contributed by atoms with Gasteiger partial charge in [0.05, 0.1) is 18.2 Å². The molecule has 0 aliphatic rings. The van der Waals surface area contributed by atoms with Crippen LogP contribution in [0.1, 0.15) is 10.4 Å². The van der Waals surface area contributed by atoms with E-state index in [1.165, 1.54) is 7.11 Å². The SMILES string of the molecule is COC(=O)c1ccc(-c2nc(-c3ccccc3O)c3ccccn23)cc1. The molecule has 0 aliphatic carbocycles. The highest BCUT2D eigenvalue weighted by molar-refractivity contribution is 5.90. The minimum absolute atomic E-state index is 0.184. The Morgan fingerprint density at radius 1 is 1.00 bits per heavy atom. The quantitative estimate of drug-likeness (QED) is 0.567. The fraction of sp³-hybridized carbons (Fsp3) is 0.0476. The van der Waals surface area contributed by atoms with Crippen molar-refractivity contribution in [2.75, 3.05) is 7.11 Å². The molecule has 5 heteroatoms. The summed E-state index contributed by atoms with van der Waals surface area (Å²) in [7, 11) is 1.36. The Balaban J connectivity index is 1.89. The summed E-state index contributed by atoms with van der Waals surface area (Å²) in [6, 6.07) is 20.1. The van der Waals surface area contributed by atoms with E-state index < -0.39 is 0 Å². The predicted molar refractivity (Wildman–Crippen MR) is 99.1 cm³/mol. The fourth-order valence-electron chi connectivity index (χ4n) is 2.99. The lowest BCUT2D eigenvalue weighted by atomic mass is 10.1. The van der Waals surface area contributed by atoms with E-state index >= 15 is 0 Å². The van der Waals surface area contributed by atoms with Crippen molar-refractivity contribution in [2.45, 2.75) is 0 Å². The molecule has 4 rings (SSSR count). The number of carbonyl (C=O) groups is 1. The zero-order chi connectivity index (χ0) is 18.1. The van der Waals surface area contributed by atoms with E-state index in [0.717, 1.165) is 16.9 Å². The zero-order valence-corrected chi connectivity index (χ0v) is 14.1.